The van der Waals surface area contributed by atoms with Crippen molar-refractivity contribution in [3.8, 4) is 0 Å². The van der Waals surface area contributed by atoms with Crippen molar-refractivity contribution in [2.45, 2.75) is 39.3 Å². The lowest BCUT2D eigenvalue weighted by Crippen LogP contribution is -2.30. The van der Waals surface area contributed by atoms with E-state index in [-0.39, 0.29) is 17.2 Å². The van der Waals surface area contributed by atoms with Gasteiger partial charge in [-0.1, -0.05) is 62.4 Å². The van der Waals surface area contributed by atoms with Crippen molar-refractivity contribution in [2.75, 3.05) is 4.90 Å². The summed E-state index contributed by atoms with van der Waals surface area (Å²) < 4.78 is 1.70. The third-order valence-corrected chi connectivity index (χ3v) is 6.43. The van der Waals surface area contributed by atoms with E-state index < -0.39 is 17.7 Å². The number of hydrogen-bond donors (Lipinski definition) is 1. The highest BCUT2D eigenvalue weighted by molar-refractivity contribution is 6.51. The maximum absolute atomic E-state index is 13.3. The molecule has 2 aromatic carbocycles. The number of Topliss-reactive ketones (excluding diaryl/α,β-unsaturated/α-hetero) is 1. The van der Waals surface area contributed by atoms with Crippen LogP contribution in [0.2, 0.25) is 0 Å². The second kappa shape index (κ2) is 9.77. The first-order chi connectivity index (χ1) is 17.8. The van der Waals surface area contributed by atoms with E-state index in [9.17, 15) is 14.7 Å². The average Bonchev–Trinajstić information content (AvgIpc) is 3.51. The third-order valence-electron chi connectivity index (χ3n) is 6.43. The molecule has 9 nitrogen and oxygen atoms in total. The Labute approximate surface area is 214 Å². The largest absolute Gasteiger partial charge is 0.507 e. The van der Waals surface area contributed by atoms with Crippen LogP contribution in [-0.2, 0) is 16.1 Å². The Hall–Kier alpha value is -4.66. The molecule has 9 heteroatoms. The first-order valence-corrected chi connectivity index (χ1v) is 12.0. The van der Waals surface area contributed by atoms with Gasteiger partial charge in [0.05, 0.1) is 23.9 Å². The van der Waals surface area contributed by atoms with Crippen LogP contribution in [0, 0.1) is 6.92 Å². The highest BCUT2D eigenvalue weighted by Crippen LogP contribution is 2.41. The van der Waals surface area contributed by atoms with Crippen LogP contribution in [-0.4, -0.2) is 41.8 Å². The van der Waals surface area contributed by atoms with Gasteiger partial charge in [0.1, 0.15) is 18.4 Å². The van der Waals surface area contributed by atoms with Gasteiger partial charge in [-0.15, -0.1) is 5.10 Å². The lowest BCUT2D eigenvalue weighted by molar-refractivity contribution is -0.132. The third kappa shape index (κ3) is 4.63. The highest BCUT2D eigenvalue weighted by atomic mass is 16.3. The molecular formula is C28H26N6O3. The molecule has 1 amide bonds. The van der Waals surface area contributed by atoms with Crippen molar-refractivity contribution in [3.63, 3.8) is 0 Å². The molecule has 0 spiro atoms. The SMILES string of the molecule is Cc1ccc(N2C(=O)C(=O)/C(=C(\O)c3ccc(C(C)C)cc3)C2c2ccc(Cn3cncn3)cc2)nn1. The number of anilines is 1. The zero-order valence-corrected chi connectivity index (χ0v) is 20.7. The number of aliphatic hydroxyl groups is 1. The molecule has 2 aromatic heterocycles. The molecule has 1 N–H and O–H groups in total. The van der Waals surface area contributed by atoms with E-state index in [0.29, 0.717) is 29.3 Å². The van der Waals surface area contributed by atoms with Crippen LogP contribution >= 0.6 is 0 Å². The van der Waals surface area contributed by atoms with Gasteiger partial charge in [0, 0.05) is 5.56 Å². The number of carbonyl (C=O) groups excluding carboxylic acids is 2. The van der Waals surface area contributed by atoms with Gasteiger partial charge in [-0.05, 0) is 41.7 Å². The fraction of sp³-hybridized carbons (Fsp3) is 0.214. The summed E-state index contributed by atoms with van der Waals surface area (Å²) >= 11 is 0. The molecule has 186 valence electrons. The number of ketones is 1. The topological polar surface area (TPSA) is 114 Å². The average molecular weight is 495 g/mol. The van der Waals surface area contributed by atoms with Crippen LogP contribution in [0.5, 0.6) is 0 Å². The Morgan fingerprint density at radius 3 is 2.30 bits per heavy atom. The summed E-state index contributed by atoms with van der Waals surface area (Å²) in [6.07, 6.45) is 3.10. The fourth-order valence-electron chi connectivity index (χ4n) is 4.39. The molecule has 1 aliphatic rings. The maximum Gasteiger partial charge on any atom is 0.301 e. The molecule has 5 rings (SSSR count). The number of amides is 1. The van der Waals surface area contributed by atoms with Crippen molar-refractivity contribution in [1.29, 1.82) is 0 Å². The van der Waals surface area contributed by atoms with Gasteiger partial charge < -0.3 is 5.11 Å². The predicted octanol–water partition coefficient (Wildman–Crippen LogP) is 4.17. The molecule has 0 aliphatic carbocycles. The summed E-state index contributed by atoms with van der Waals surface area (Å²) in [4.78, 5) is 31.9. The van der Waals surface area contributed by atoms with E-state index in [1.807, 2.05) is 36.4 Å². The molecule has 0 bridgehead atoms. The second-order valence-corrected chi connectivity index (χ2v) is 9.31. The van der Waals surface area contributed by atoms with E-state index in [2.05, 4.69) is 34.1 Å². The fourth-order valence-corrected chi connectivity index (χ4v) is 4.39. The van der Waals surface area contributed by atoms with E-state index in [4.69, 9.17) is 0 Å². The Bertz CT molecular complexity index is 1460. The molecule has 1 atom stereocenters. The van der Waals surface area contributed by atoms with Crippen molar-refractivity contribution in [2.24, 2.45) is 0 Å². The van der Waals surface area contributed by atoms with E-state index in [1.165, 1.54) is 11.2 Å². The number of hydrogen-bond acceptors (Lipinski definition) is 7. The molecule has 1 saturated heterocycles. The number of benzene rings is 2. The number of nitrogens with zero attached hydrogens (tertiary/aromatic N) is 6. The molecule has 1 aliphatic heterocycles. The summed E-state index contributed by atoms with van der Waals surface area (Å²) in [5, 5.41) is 23.7. The van der Waals surface area contributed by atoms with Gasteiger partial charge in [-0.25, -0.2) is 9.67 Å². The van der Waals surface area contributed by atoms with E-state index >= 15 is 0 Å². The number of rotatable bonds is 6. The summed E-state index contributed by atoms with van der Waals surface area (Å²) in [6.45, 7) is 6.47. The monoisotopic (exact) mass is 494 g/mol. The Morgan fingerprint density at radius 1 is 0.973 bits per heavy atom. The Kier molecular flexibility index (Phi) is 6.35. The Balaban J connectivity index is 1.61. The molecule has 1 unspecified atom stereocenters. The summed E-state index contributed by atoms with van der Waals surface area (Å²) in [7, 11) is 0. The number of aliphatic hydroxyl groups excluding tert-OH is 1. The molecular weight excluding hydrogens is 468 g/mol. The smallest absolute Gasteiger partial charge is 0.301 e. The summed E-state index contributed by atoms with van der Waals surface area (Å²) in [5.74, 6) is -1.22. The zero-order valence-electron chi connectivity index (χ0n) is 20.7. The summed E-state index contributed by atoms with van der Waals surface area (Å²) in [6, 6.07) is 17.3. The molecule has 0 saturated carbocycles. The molecule has 0 radical (unpaired) electrons. The van der Waals surface area contributed by atoms with Gasteiger partial charge in [-0.2, -0.15) is 10.2 Å². The molecule has 3 heterocycles. The number of aryl methyl sites for hydroxylation is 1. The van der Waals surface area contributed by atoms with Gasteiger partial charge in [0.15, 0.2) is 5.82 Å². The van der Waals surface area contributed by atoms with Crippen LogP contribution in [0.4, 0.5) is 5.82 Å². The zero-order chi connectivity index (χ0) is 26.1. The van der Waals surface area contributed by atoms with Gasteiger partial charge in [-0.3, -0.25) is 14.5 Å². The summed E-state index contributed by atoms with van der Waals surface area (Å²) in [5.41, 5.74) is 3.87. The van der Waals surface area contributed by atoms with Crippen LogP contribution in [0.3, 0.4) is 0 Å². The van der Waals surface area contributed by atoms with Gasteiger partial charge in [0.2, 0.25) is 0 Å². The van der Waals surface area contributed by atoms with Crippen molar-refractivity contribution >= 4 is 23.3 Å². The van der Waals surface area contributed by atoms with E-state index in [0.717, 1.165) is 11.1 Å². The Morgan fingerprint density at radius 2 is 1.70 bits per heavy atom. The van der Waals surface area contributed by atoms with Crippen molar-refractivity contribution < 1.29 is 14.7 Å². The van der Waals surface area contributed by atoms with Crippen molar-refractivity contribution in [3.05, 3.63) is 107 Å². The highest BCUT2D eigenvalue weighted by Gasteiger charge is 2.47. The number of aromatic nitrogens is 5. The first kappa shape index (κ1) is 24.1. The normalized spacial score (nSPS) is 17.1. The standard InChI is InChI=1S/C28H26N6O3/c1-17(2)20-9-11-22(12-10-20)26(35)24-25(21-7-5-19(6-8-21)14-33-16-29-15-30-33)34(28(37)27(24)36)23-13-4-18(3)31-32-23/h4-13,15-17,25,35H,14H2,1-3H3/b26-24-. The molecule has 1 fully saturated rings. The van der Waals surface area contributed by atoms with Crippen LogP contribution in [0.25, 0.3) is 5.76 Å². The first-order valence-electron chi connectivity index (χ1n) is 12.0. The lowest BCUT2D eigenvalue weighted by Gasteiger charge is -2.24. The van der Waals surface area contributed by atoms with Gasteiger partial charge in [0.25, 0.3) is 5.78 Å². The molecule has 4 aromatic rings. The lowest BCUT2D eigenvalue weighted by atomic mass is 9.93. The minimum absolute atomic E-state index is 0.00805. The van der Waals surface area contributed by atoms with Crippen LogP contribution < -0.4 is 4.90 Å². The van der Waals surface area contributed by atoms with E-state index in [1.54, 1.807) is 42.2 Å². The minimum atomic E-state index is -0.873. The maximum atomic E-state index is 13.3. The predicted molar refractivity (Wildman–Crippen MR) is 138 cm³/mol. The second-order valence-electron chi connectivity index (χ2n) is 9.31. The van der Waals surface area contributed by atoms with Gasteiger partial charge >= 0.3 is 5.91 Å². The van der Waals surface area contributed by atoms with Crippen molar-refractivity contribution in [1.82, 2.24) is 25.0 Å². The van der Waals surface area contributed by atoms with Crippen LogP contribution in [0.15, 0.2) is 78.9 Å². The van der Waals surface area contributed by atoms with Crippen LogP contribution in [0.1, 0.15) is 53.8 Å². The quantitative estimate of drug-likeness (QED) is 0.243. The minimum Gasteiger partial charge on any atom is -0.507 e. The number of carbonyl (C=O) groups is 2. The molecule has 37 heavy (non-hydrogen) atoms.